The van der Waals surface area contributed by atoms with E-state index in [4.69, 9.17) is 0 Å². The largest absolute Gasteiger partial charge is 0.324 e. The Labute approximate surface area is 148 Å². The van der Waals surface area contributed by atoms with Crippen molar-refractivity contribution in [2.24, 2.45) is 0 Å². The summed E-state index contributed by atoms with van der Waals surface area (Å²) in [6.07, 6.45) is 4.60. The minimum absolute atomic E-state index is 0.0468. The summed E-state index contributed by atoms with van der Waals surface area (Å²) in [5.41, 5.74) is 1.23. The lowest BCUT2D eigenvalue weighted by Crippen LogP contribution is -2.27. The second-order valence-corrected chi connectivity index (χ2v) is 9.14. The van der Waals surface area contributed by atoms with Crippen LogP contribution in [0.4, 0.5) is 11.4 Å². The molecule has 25 heavy (non-hydrogen) atoms. The molecule has 136 valence electrons. The maximum atomic E-state index is 12.3. The lowest BCUT2D eigenvalue weighted by molar-refractivity contribution is -0.117. The van der Waals surface area contributed by atoms with Gasteiger partial charge in [0.05, 0.1) is 22.4 Å². The molecule has 1 saturated heterocycles. The van der Waals surface area contributed by atoms with Crippen LogP contribution in [0, 0.1) is 0 Å². The van der Waals surface area contributed by atoms with E-state index in [1.807, 2.05) is 6.07 Å². The van der Waals surface area contributed by atoms with Gasteiger partial charge in [-0.25, -0.2) is 8.42 Å². The number of rotatable bonds is 6. The van der Waals surface area contributed by atoms with Crippen LogP contribution in [-0.2, 0) is 19.4 Å². The average molecular weight is 364 g/mol. The number of nitrogens with zero attached hydrogens (tertiary/aromatic N) is 1. The number of anilines is 2. The zero-order chi connectivity index (χ0) is 17.9. The van der Waals surface area contributed by atoms with Crippen molar-refractivity contribution in [3.8, 4) is 0 Å². The summed E-state index contributed by atoms with van der Waals surface area (Å²) >= 11 is 0. The van der Waals surface area contributed by atoms with Crippen molar-refractivity contribution in [1.29, 1.82) is 0 Å². The van der Waals surface area contributed by atoms with Gasteiger partial charge in [-0.3, -0.25) is 9.59 Å². The first kappa shape index (κ1) is 17.9. The minimum atomic E-state index is -3.21. The van der Waals surface area contributed by atoms with Crippen molar-refractivity contribution in [1.82, 2.24) is 0 Å². The first-order valence-corrected chi connectivity index (χ1v) is 10.6. The summed E-state index contributed by atoms with van der Waals surface area (Å²) in [5, 5.41) is 2.49. The van der Waals surface area contributed by atoms with E-state index >= 15 is 0 Å². The van der Waals surface area contributed by atoms with Gasteiger partial charge in [0.15, 0.2) is 9.84 Å². The van der Waals surface area contributed by atoms with Crippen LogP contribution in [0.25, 0.3) is 0 Å². The van der Waals surface area contributed by atoms with E-state index in [1.165, 1.54) is 0 Å². The van der Waals surface area contributed by atoms with Crippen molar-refractivity contribution < 1.29 is 18.0 Å². The molecule has 1 N–H and O–H groups in total. The predicted octanol–water partition coefficient (Wildman–Crippen LogP) is 2.50. The van der Waals surface area contributed by atoms with Gasteiger partial charge in [-0.1, -0.05) is 25.0 Å². The average Bonchev–Trinajstić information content (AvgIpc) is 3.26. The van der Waals surface area contributed by atoms with E-state index in [0.717, 1.165) is 19.3 Å². The smallest absolute Gasteiger partial charge is 0.227 e. The molecule has 0 aromatic heterocycles. The molecule has 1 heterocycles. The van der Waals surface area contributed by atoms with Crippen LogP contribution in [0.5, 0.6) is 0 Å². The number of carbonyl (C=O) groups excluding carboxylic acids is 2. The van der Waals surface area contributed by atoms with E-state index in [-0.39, 0.29) is 29.2 Å². The lowest BCUT2D eigenvalue weighted by atomic mass is 10.2. The van der Waals surface area contributed by atoms with Crippen LogP contribution < -0.4 is 10.2 Å². The van der Waals surface area contributed by atoms with Crippen molar-refractivity contribution in [3.63, 3.8) is 0 Å². The molecule has 1 aromatic rings. The van der Waals surface area contributed by atoms with E-state index in [2.05, 4.69) is 5.32 Å². The molecule has 2 amide bonds. The molecular formula is C18H24N2O4S. The molecule has 7 heteroatoms. The Morgan fingerprint density at radius 2 is 1.88 bits per heavy atom. The highest BCUT2D eigenvalue weighted by molar-refractivity contribution is 7.92. The standard InChI is InChI=1S/C18H24N2O4S/c21-17(11-13-25(23,24)14-6-1-2-7-14)19-15-8-3-4-9-16(15)20-12-5-10-18(20)22/h3-4,8-9,14H,1-2,5-7,10-13H2,(H,19,21). The van der Waals surface area contributed by atoms with Gasteiger partial charge in [-0.15, -0.1) is 0 Å². The summed E-state index contributed by atoms with van der Waals surface area (Å²) in [5.74, 6) is -0.403. The first-order chi connectivity index (χ1) is 12.0. The zero-order valence-electron chi connectivity index (χ0n) is 14.2. The Hall–Kier alpha value is -1.89. The van der Waals surface area contributed by atoms with Crippen LogP contribution in [-0.4, -0.2) is 37.8 Å². The molecule has 1 aromatic carbocycles. The van der Waals surface area contributed by atoms with Crippen LogP contribution in [0.3, 0.4) is 0 Å². The fraction of sp³-hybridized carbons (Fsp3) is 0.556. The lowest BCUT2D eigenvalue weighted by Gasteiger charge is -2.20. The Morgan fingerprint density at radius 1 is 1.16 bits per heavy atom. The Bertz CT molecular complexity index is 754. The summed E-state index contributed by atoms with van der Waals surface area (Å²) in [4.78, 5) is 25.9. The number of para-hydroxylation sites is 2. The van der Waals surface area contributed by atoms with Gasteiger partial charge in [0.25, 0.3) is 0 Å². The predicted molar refractivity (Wildman–Crippen MR) is 97.3 cm³/mol. The Balaban J connectivity index is 1.62. The molecule has 0 radical (unpaired) electrons. The first-order valence-electron chi connectivity index (χ1n) is 8.88. The number of sulfone groups is 1. The van der Waals surface area contributed by atoms with Gasteiger partial charge in [0.1, 0.15) is 0 Å². The topological polar surface area (TPSA) is 83.6 Å². The van der Waals surface area contributed by atoms with Gasteiger partial charge in [-0.2, -0.15) is 0 Å². The molecule has 1 saturated carbocycles. The van der Waals surface area contributed by atoms with Gasteiger partial charge in [-0.05, 0) is 31.4 Å². The molecule has 0 unspecified atom stereocenters. The van der Waals surface area contributed by atoms with E-state index in [9.17, 15) is 18.0 Å². The highest BCUT2D eigenvalue weighted by atomic mass is 32.2. The van der Waals surface area contributed by atoms with Crippen LogP contribution in [0.15, 0.2) is 24.3 Å². The second-order valence-electron chi connectivity index (χ2n) is 6.74. The van der Waals surface area contributed by atoms with Crippen molar-refractivity contribution in [3.05, 3.63) is 24.3 Å². The normalized spacial score (nSPS) is 18.7. The third kappa shape index (κ3) is 4.21. The van der Waals surface area contributed by atoms with E-state index in [1.54, 1.807) is 23.1 Å². The van der Waals surface area contributed by atoms with Crippen molar-refractivity contribution in [2.75, 3.05) is 22.5 Å². The summed E-state index contributed by atoms with van der Waals surface area (Å²) in [7, 11) is -3.21. The van der Waals surface area contributed by atoms with E-state index < -0.39 is 9.84 Å². The number of nitrogens with one attached hydrogen (secondary N) is 1. The fourth-order valence-corrected chi connectivity index (χ4v) is 5.43. The van der Waals surface area contributed by atoms with Crippen LogP contribution in [0.2, 0.25) is 0 Å². The molecule has 0 spiro atoms. The second kappa shape index (κ2) is 7.56. The van der Waals surface area contributed by atoms with Crippen molar-refractivity contribution in [2.45, 2.75) is 50.2 Å². The molecule has 2 fully saturated rings. The van der Waals surface area contributed by atoms with Gasteiger partial charge in [0.2, 0.25) is 11.8 Å². The van der Waals surface area contributed by atoms with Crippen LogP contribution >= 0.6 is 0 Å². The molecule has 1 aliphatic carbocycles. The highest BCUT2D eigenvalue weighted by Gasteiger charge is 2.29. The summed E-state index contributed by atoms with van der Waals surface area (Å²) in [6, 6.07) is 7.15. The molecule has 1 aliphatic heterocycles. The third-order valence-electron chi connectivity index (χ3n) is 4.97. The molecule has 6 nitrogen and oxygen atoms in total. The van der Waals surface area contributed by atoms with Gasteiger partial charge >= 0.3 is 0 Å². The zero-order valence-corrected chi connectivity index (χ0v) is 15.1. The minimum Gasteiger partial charge on any atom is -0.324 e. The maximum absolute atomic E-state index is 12.3. The number of amides is 2. The van der Waals surface area contributed by atoms with Gasteiger partial charge < -0.3 is 10.2 Å². The maximum Gasteiger partial charge on any atom is 0.227 e. The number of hydrogen-bond acceptors (Lipinski definition) is 4. The number of benzene rings is 1. The monoisotopic (exact) mass is 364 g/mol. The molecule has 0 atom stereocenters. The quantitative estimate of drug-likeness (QED) is 0.841. The molecule has 3 rings (SSSR count). The van der Waals surface area contributed by atoms with Crippen LogP contribution in [0.1, 0.15) is 44.9 Å². The molecule has 0 bridgehead atoms. The molecular weight excluding hydrogens is 340 g/mol. The summed E-state index contributed by atoms with van der Waals surface area (Å²) in [6.45, 7) is 0.641. The molecule has 2 aliphatic rings. The summed E-state index contributed by atoms with van der Waals surface area (Å²) < 4.78 is 24.6. The third-order valence-corrected chi connectivity index (χ3v) is 7.23. The highest BCUT2D eigenvalue weighted by Crippen LogP contribution is 2.30. The Morgan fingerprint density at radius 3 is 2.56 bits per heavy atom. The Kier molecular flexibility index (Phi) is 5.42. The van der Waals surface area contributed by atoms with E-state index in [0.29, 0.717) is 37.2 Å². The van der Waals surface area contributed by atoms with Gasteiger partial charge in [0, 0.05) is 19.4 Å². The number of carbonyl (C=O) groups is 2. The van der Waals surface area contributed by atoms with Crippen molar-refractivity contribution >= 4 is 33.0 Å². The fourth-order valence-electron chi connectivity index (χ4n) is 3.58. The number of hydrogen-bond donors (Lipinski definition) is 1. The SMILES string of the molecule is O=C(CCS(=O)(=O)C1CCCC1)Nc1ccccc1N1CCCC1=O.